The average Bonchev–Trinajstić information content (AvgIpc) is 2.84. The Morgan fingerprint density at radius 3 is 1.87 bits per heavy atom. The van der Waals surface area contributed by atoms with Crippen molar-refractivity contribution in [3.63, 3.8) is 0 Å². The van der Waals surface area contributed by atoms with Crippen molar-refractivity contribution >= 4 is 17.5 Å². The van der Waals surface area contributed by atoms with Crippen LogP contribution in [0.15, 0.2) is 103 Å². The number of rotatable bonds is 6. The highest BCUT2D eigenvalue weighted by molar-refractivity contribution is 6.01. The number of hydrogen-bond acceptors (Lipinski definition) is 4. The zero-order valence-corrected chi connectivity index (χ0v) is 16.6. The fourth-order valence-corrected chi connectivity index (χ4v) is 3.09. The molecule has 1 unspecified atom stereocenters. The van der Waals surface area contributed by atoms with Gasteiger partial charge in [-0.15, -0.1) is 0 Å². The molecule has 1 atom stereocenters. The third-order valence-electron chi connectivity index (χ3n) is 4.66. The third kappa shape index (κ3) is 5.00. The van der Waals surface area contributed by atoms with Crippen LogP contribution in [0.4, 0.5) is 5.69 Å². The van der Waals surface area contributed by atoms with Gasteiger partial charge < -0.3 is 10.6 Å². The van der Waals surface area contributed by atoms with Crippen molar-refractivity contribution in [1.82, 2.24) is 15.3 Å². The zero-order valence-electron chi connectivity index (χ0n) is 16.6. The van der Waals surface area contributed by atoms with Gasteiger partial charge in [0.2, 0.25) is 0 Å². The molecule has 4 rings (SSSR count). The van der Waals surface area contributed by atoms with Crippen molar-refractivity contribution < 1.29 is 9.59 Å². The van der Waals surface area contributed by atoms with Crippen LogP contribution in [0.1, 0.15) is 22.0 Å². The minimum absolute atomic E-state index is 0.333. The average molecular weight is 408 g/mol. The molecule has 1 heterocycles. The van der Waals surface area contributed by atoms with E-state index in [2.05, 4.69) is 20.6 Å². The molecule has 1 aromatic heterocycles. The van der Waals surface area contributed by atoms with Crippen LogP contribution in [0.3, 0.4) is 0 Å². The van der Waals surface area contributed by atoms with Crippen LogP contribution in [0.25, 0.3) is 11.4 Å². The van der Waals surface area contributed by atoms with Gasteiger partial charge in [0.15, 0.2) is 5.82 Å². The maximum Gasteiger partial charge on any atom is 0.252 e. The molecule has 0 spiro atoms. The van der Waals surface area contributed by atoms with Gasteiger partial charge in [0.25, 0.3) is 11.8 Å². The minimum Gasteiger partial charge on any atom is -0.336 e. The molecule has 152 valence electrons. The number of nitrogens with zero attached hydrogens (tertiary/aromatic N) is 2. The van der Waals surface area contributed by atoms with E-state index in [4.69, 9.17) is 0 Å². The van der Waals surface area contributed by atoms with Gasteiger partial charge in [-0.05, 0) is 17.7 Å². The first-order valence-corrected chi connectivity index (χ1v) is 9.80. The number of anilines is 1. The molecule has 0 saturated carbocycles. The molecule has 6 nitrogen and oxygen atoms in total. The third-order valence-corrected chi connectivity index (χ3v) is 4.66. The monoisotopic (exact) mass is 408 g/mol. The fourth-order valence-electron chi connectivity index (χ4n) is 3.09. The lowest BCUT2D eigenvalue weighted by atomic mass is 10.1. The Morgan fingerprint density at radius 2 is 1.26 bits per heavy atom. The molecule has 0 bridgehead atoms. The van der Waals surface area contributed by atoms with Crippen LogP contribution in [0.2, 0.25) is 0 Å². The number of benzene rings is 3. The molecular weight excluding hydrogens is 388 g/mol. The Balaban J connectivity index is 1.53. The summed E-state index contributed by atoms with van der Waals surface area (Å²) in [5, 5.41) is 5.61. The molecule has 2 amide bonds. The Morgan fingerprint density at radius 1 is 0.710 bits per heavy atom. The van der Waals surface area contributed by atoms with Crippen molar-refractivity contribution in [2.45, 2.75) is 6.04 Å². The quantitative estimate of drug-likeness (QED) is 0.499. The Bertz CT molecular complexity index is 1150. The van der Waals surface area contributed by atoms with E-state index in [0.717, 1.165) is 5.56 Å². The molecule has 0 aliphatic carbocycles. The Kier molecular flexibility index (Phi) is 6.09. The number of amides is 2. The van der Waals surface area contributed by atoms with E-state index < -0.39 is 6.04 Å². The second-order valence-corrected chi connectivity index (χ2v) is 6.83. The highest BCUT2D eigenvalue weighted by atomic mass is 16.2. The van der Waals surface area contributed by atoms with Crippen molar-refractivity contribution in [2.24, 2.45) is 0 Å². The maximum absolute atomic E-state index is 13.1. The van der Waals surface area contributed by atoms with Crippen LogP contribution >= 0.6 is 0 Å². The number of aromatic nitrogens is 2. The number of hydrogen-bond donors (Lipinski definition) is 2. The Labute approximate surface area is 180 Å². The van der Waals surface area contributed by atoms with Crippen molar-refractivity contribution in [3.05, 3.63) is 115 Å². The first kappa shape index (κ1) is 20.0. The lowest BCUT2D eigenvalue weighted by Crippen LogP contribution is -2.37. The summed E-state index contributed by atoms with van der Waals surface area (Å²) in [5.74, 6) is -0.151. The first-order chi connectivity index (χ1) is 15.2. The molecule has 3 aromatic carbocycles. The standard InChI is InChI=1S/C25H20N4O2/c30-24(20-14-8-3-9-15-20)29-22(18-10-4-1-5-11-18)25(31)28-21-16-26-23(27-17-21)19-12-6-2-7-13-19/h1-17,22H,(H,28,31)(H,29,30). The van der Waals surface area contributed by atoms with Gasteiger partial charge >= 0.3 is 0 Å². The summed E-state index contributed by atoms with van der Waals surface area (Å²) in [6.07, 6.45) is 3.10. The largest absolute Gasteiger partial charge is 0.336 e. The van der Waals surface area contributed by atoms with E-state index in [1.807, 2.05) is 54.6 Å². The highest BCUT2D eigenvalue weighted by Crippen LogP contribution is 2.18. The van der Waals surface area contributed by atoms with Gasteiger partial charge in [0.1, 0.15) is 6.04 Å². The van der Waals surface area contributed by atoms with Gasteiger partial charge in [-0.1, -0.05) is 78.9 Å². The van der Waals surface area contributed by atoms with Crippen molar-refractivity contribution in [2.75, 3.05) is 5.32 Å². The zero-order chi connectivity index (χ0) is 21.5. The molecule has 6 heteroatoms. The van der Waals surface area contributed by atoms with Crippen molar-refractivity contribution in [1.29, 1.82) is 0 Å². The van der Waals surface area contributed by atoms with Crippen LogP contribution in [0, 0.1) is 0 Å². The lowest BCUT2D eigenvalue weighted by Gasteiger charge is -2.19. The molecule has 4 aromatic rings. The summed E-state index contributed by atoms with van der Waals surface area (Å²) in [6, 6.07) is 26.6. The Hall–Kier alpha value is -4.32. The SMILES string of the molecule is O=C(NC(C(=O)Nc1cnc(-c2ccccc2)nc1)c1ccccc1)c1ccccc1. The molecular formula is C25H20N4O2. The highest BCUT2D eigenvalue weighted by Gasteiger charge is 2.23. The smallest absolute Gasteiger partial charge is 0.252 e. The number of carbonyl (C=O) groups is 2. The number of nitrogens with one attached hydrogen (secondary N) is 2. The van der Waals surface area contributed by atoms with E-state index in [-0.39, 0.29) is 11.8 Å². The lowest BCUT2D eigenvalue weighted by molar-refractivity contribution is -0.118. The predicted molar refractivity (Wildman–Crippen MR) is 119 cm³/mol. The van der Waals surface area contributed by atoms with Gasteiger partial charge in [0, 0.05) is 11.1 Å². The molecule has 0 saturated heterocycles. The van der Waals surface area contributed by atoms with Crippen LogP contribution in [-0.4, -0.2) is 21.8 Å². The van der Waals surface area contributed by atoms with Gasteiger partial charge in [-0.3, -0.25) is 9.59 Å². The summed E-state index contributed by atoms with van der Waals surface area (Å²) in [6.45, 7) is 0. The molecule has 0 fully saturated rings. The molecule has 0 radical (unpaired) electrons. The van der Waals surface area contributed by atoms with E-state index >= 15 is 0 Å². The van der Waals surface area contributed by atoms with Gasteiger partial charge in [-0.25, -0.2) is 9.97 Å². The van der Waals surface area contributed by atoms with Gasteiger partial charge in [0.05, 0.1) is 18.1 Å². The molecule has 31 heavy (non-hydrogen) atoms. The molecule has 0 aliphatic rings. The predicted octanol–water partition coefficient (Wildman–Crippen LogP) is 4.25. The molecule has 0 aliphatic heterocycles. The second kappa shape index (κ2) is 9.45. The molecule has 2 N–H and O–H groups in total. The van der Waals surface area contributed by atoms with E-state index in [0.29, 0.717) is 22.6 Å². The van der Waals surface area contributed by atoms with Crippen LogP contribution < -0.4 is 10.6 Å². The maximum atomic E-state index is 13.1. The number of carbonyl (C=O) groups excluding carboxylic acids is 2. The first-order valence-electron chi connectivity index (χ1n) is 9.80. The second-order valence-electron chi connectivity index (χ2n) is 6.83. The van der Waals surface area contributed by atoms with E-state index in [1.54, 1.807) is 48.8 Å². The minimum atomic E-state index is -0.872. The van der Waals surface area contributed by atoms with Gasteiger partial charge in [-0.2, -0.15) is 0 Å². The van der Waals surface area contributed by atoms with Crippen molar-refractivity contribution in [3.8, 4) is 11.4 Å². The van der Waals surface area contributed by atoms with E-state index in [1.165, 1.54) is 0 Å². The fraction of sp³-hybridized carbons (Fsp3) is 0.0400. The van der Waals surface area contributed by atoms with Crippen LogP contribution in [0.5, 0.6) is 0 Å². The van der Waals surface area contributed by atoms with Crippen LogP contribution in [-0.2, 0) is 4.79 Å². The normalized spacial score (nSPS) is 11.4. The summed E-state index contributed by atoms with van der Waals surface area (Å²) >= 11 is 0. The summed E-state index contributed by atoms with van der Waals surface area (Å²) in [4.78, 5) is 34.4. The summed E-state index contributed by atoms with van der Waals surface area (Å²) < 4.78 is 0. The van der Waals surface area contributed by atoms with E-state index in [9.17, 15) is 9.59 Å². The summed E-state index contributed by atoms with van der Waals surface area (Å²) in [5.41, 5.74) is 2.48. The topological polar surface area (TPSA) is 84.0 Å². The summed E-state index contributed by atoms with van der Waals surface area (Å²) in [7, 11) is 0.